The van der Waals surface area contributed by atoms with Crippen LogP contribution in [0.25, 0.3) is 0 Å². The van der Waals surface area contributed by atoms with E-state index in [1.807, 2.05) is 43.3 Å². The number of aryl methyl sites for hydroxylation is 1. The Morgan fingerprint density at radius 2 is 1.72 bits per heavy atom. The van der Waals surface area contributed by atoms with E-state index in [1.54, 1.807) is 6.20 Å². The molecule has 0 radical (unpaired) electrons. The van der Waals surface area contributed by atoms with E-state index >= 15 is 0 Å². The first-order valence-electron chi connectivity index (χ1n) is 9.65. The molecule has 0 spiro atoms. The van der Waals surface area contributed by atoms with Crippen molar-refractivity contribution in [2.45, 2.75) is 6.92 Å². The lowest BCUT2D eigenvalue weighted by atomic mass is 10.2. The molecule has 1 saturated heterocycles. The fraction of sp³-hybridized carbons (Fsp3) is 0.273. The third-order valence-corrected chi connectivity index (χ3v) is 5.26. The predicted molar refractivity (Wildman–Crippen MR) is 118 cm³/mol. The van der Waals surface area contributed by atoms with Gasteiger partial charge in [-0.15, -0.1) is 0 Å². The Hall–Kier alpha value is -2.83. The summed E-state index contributed by atoms with van der Waals surface area (Å²) in [5, 5.41) is 3.59. The number of nitrogens with one attached hydrogen (secondary N) is 1. The fourth-order valence-electron chi connectivity index (χ4n) is 3.21. The summed E-state index contributed by atoms with van der Waals surface area (Å²) in [7, 11) is 2.16. The molecule has 0 saturated carbocycles. The van der Waals surface area contributed by atoms with Crippen molar-refractivity contribution < 1.29 is 4.74 Å². The van der Waals surface area contributed by atoms with E-state index < -0.39 is 0 Å². The van der Waals surface area contributed by atoms with Gasteiger partial charge in [0.25, 0.3) is 0 Å². The Labute approximate surface area is 176 Å². The van der Waals surface area contributed by atoms with Crippen LogP contribution in [0.15, 0.2) is 54.7 Å². The van der Waals surface area contributed by atoms with Gasteiger partial charge < -0.3 is 19.9 Å². The second kappa shape index (κ2) is 8.68. The van der Waals surface area contributed by atoms with E-state index in [1.165, 1.54) is 5.69 Å². The molecule has 2 aromatic carbocycles. The molecule has 1 aromatic heterocycles. The molecule has 1 aliphatic rings. The Morgan fingerprint density at radius 1 is 1.00 bits per heavy atom. The highest BCUT2D eigenvalue weighted by Gasteiger charge is 2.14. The normalized spacial score (nSPS) is 14.7. The first-order valence-corrected chi connectivity index (χ1v) is 10.0. The smallest absolute Gasteiger partial charge is 0.243 e. The standard InChI is InChI=1S/C22H24ClN5O/c1-16-5-3-4-6-20(16)29-21-19(23)15-24-22(26-21)25-17-7-9-18(10-8-17)28-13-11-27(2)12-14-28/h3-10,15H,11-14H2,1-2H3,(H,24,25,26). The minimum Gasteiger partial charge on any atom is -0.437 e. The van der Waals surface area contributed by atoms with E-state index in [4.69, 9.17) is 16.3 Å². The lowest BCUT2D eigenvalue weighted by Gasteiger charge is -2.34. The largest absolute Gasteiger partial charge is 0.437 e. The number of likely N-dealkylation sites (N-methyl/N-ethyl adjacent to an activating group) is 1. The summed E-state index contributed by atoms with van der Waals surface area (Å²) in [5.74, 6) is 1.48. The second-order valence-corrected chi connectivity index (χ2v) is 7.58. The third-order valence-electron chi connectivity index (χ3n) is 5.00. The number of benzene rings is 2. The Bertz CT molecular complexity index is 971. The van der Waals surface area contributed by atoms with Crippen molar-refractivity contribution in [2.24, 2.45) is 0 Å². The van der Waals surface area contributed by atoms with Gasteiger partial charge in [0.1, 0.15) is 10.8 Å². The number of halogens is 1. The van der Waals surface area contributed by atoms with Crippen molar-refractivity contribution in [2.75, 3.05) is 43.4 Å². The van der Waals surface area contributed by atoms with Gasteiger partial charge in [0.15, 0.2) is 0 Å². The summed E-state index contributed by atoms with van der Waals surface area (Å²) in [6, 6.07) is 16.0. The zero-order valence-corrected chi connectivity index (χ0v) is 17.4. The van der Waals surface area contributed by atoms with Crippen LogP contribution in [0.3, 0.4) is 0 Å². The zero-order chi connectivity index (χ0) is 20.2. The SMILES string of the molecule is Cc1ccccc1Oc1nc(Nc2ccc(N3CCN(C)CC3)cc2)ncc1Cl. The van der Waals surface area contributed by atoms with Crippen molar-refractivity contribution in [3.63, 3.8) is 0 Å². The average Bonchev–Trinajstić information content (AvgIpc) is 2.73. The molecule has 3 aromatic rings. The first-order chi connectivity index (χ1) is 14.1. The van der Waals surface area contributed by atoms with Crippen molar-refractivity contribution in [1.82, 2.24) is 14.9 Å². The number of anilines is 3. The summed E-state index contributed by atoms with van der Waals surface area (Å²) >= 11 is 6.23. The number of hydrogen-bond acceptors (Lipinski definition) is 6. The van der Waals surface area contributed by atoms with Crippen LogP contribution in [-0.2, 0) is 0 Å². The van der Waals surface area contributed by atoms with E-state index in [2.05, 4.69) is 44.3 Å². The quantitative estimate of drug-likeness (QED) is 0.657. The Kier molecular flexibility index (Phi) is 5.83. The number of piperazine rings is 1. The maximum atomic E-state index is 6.23. The van der Waals surface area contributed by atoms with Gasteiger partial charge in [-0.05, 0) is 49.9 Å². The lowest BCUT2D eigenvalue weighted by Crippen LogP contribution is -2.44. The molecule has 6 nitrogen and oxygen atoms in total. The number of aromatic nitrogens is 2. The molecule has 7 heteroatoms. The number of rotatable bonds is 5. The van der Waals surface area contributed by atoms with Crippen molar-refractivity contribution in [3.8, 4) is 11.6 Å². The fourth-order valence-corrected chi connectivity index (χ4v) is 3.34. The number of ether oxygens (including phenoxy) is 1. The topological polar surface area (TPSA) is 53.5 Å². The predicted octanol–water partition coefficient (Wildman–Crippen LogP) is 4.73. The van der Waals surface area contributed by atoms with E-state index in [0.717, 1.165) is 43.2 Å². The van der Waals surface area contributed by atoms with E-state index in [0.29, 0.717) is 16.9 Å². The average molecular weight is 410 g/mol. The van der Waals surface area contributed by atoms with Crippen LogP contribution in [0, 0.1) is 6.92 Å². The summed E-state index contributed by atoms with van der Waals surface area (Å²) in [6.07, 6.45) is 1.54. The minimum atomic E-state index is 0.326. The van der Waals surface area contributed by atoms with Crippen molar-refractivity contribution in [3.05, 3.63) is 65.3 Å². The molecule has 0 amide bonds. The summed E-state index contributed by atoms with van der Waals surface area (Å²) in [6.45, 7) is 6.24. The highest BCUT2D eigenvalue weighted by atomic mass is 35.5. The zero-order valence-electron chi connectivity index (χ0n) is 16.6. The number of hydrogen-bond donors (Lipinski definition) is 1. The highest BCUT2D eigenvalue weighted by Crippen LogP contribution is 2.30. The Balaban J connectivity index is 1.46. The van der Waals surface area contributed by atoms with Crippen molar-refractivity contribution >= 4 is 28.9 Å². The molecule has 0 aliphatic carbocycles. The van der Waals surface area contributed by atoms with E-state index in [9.17, 15) is 0 Å². The van der Waals surface area contributed by atoms with Gasteiger partial charge >= 0.3 is 0 Å². The van der Waals surface area contributed by atoms with Crippen LogP contribution in [0.4, 0.5) is 17.3 Å². The lowest BCUT2D eigenvalue weighted by molar-refractivity contribution is 0.313. The third kappa shape index (κ3) is 4.78. The molecule has 0 atom stereocenters. The molecule has 1 aliphatic heterocycles. The van der Waals surface area contributed by atoms with Crippen LogP contribution < -0.4 is 15.0 Å². The van der Waals surface area contributed by atoms with Crippen LogP contribution in [-0.4, -0.2) is 48.1 Å². The number of nitrogens with zero attached hydrogens (tertiary/aromatic N) is 4. The number of para-hydroxylation sites is 1. The molecule has 150 valence electrons. The summed E-state index contributed by atoms with van der Waals surface area (Å²) in [5.41, 5.74) is 3.15. The first kappa shape index (κ1) is 19.5. The summed E-state index contributed by atoms with van der Waals surface area (Å²) < 4.78 is 5.89. The maximum absolute atomic E-state index is 6.23. The second-order valence-electron chi connectivity index (χ2n) is 7.18. The van der Waals surface area contributed by atoms with Gasteiger partial charge in [-0.3, -0.25) is 0 Å². The van der Waals surface area contributed by atoms with Crippen molar-refractivity contribution in [1.29, 1.82) is 0 Å². The Morgan fingerprint density at radius 3 is 2.45 bits per heavy atom. The summed E-state index contributed by atoms with van der Waals surface area (Å²) in [4.78, 5) is 13.4. The molecule has 4 rings (SSSR count). The molecular formula is C22H24ClN5O. The van der Waals surface area contributed by atoms with Gasteiger partial charge in [-0.2, -0.15) is 4.98 Å². The van der Waals surface area contributed by atoms with Gasteiger partial charge in [0.05, 0.1) is 6.20 Å². The molecule has 1 N–H and O–H groups in total. The van der Waals surface area contributed by atoms with Crippen LogP contribution >= 0.6 is 11.6 Å². The molecule has 0 unspecified atom stereocenters. The molecular weight excluding hydrogens is 386 g/mol. The van der Waals surface area contributed by atoms with E-state index in [-0.39, 0.29) is 0 Å². The van der Waals surface area contributed by atoms with Gasteiger partial charge in [-0.25, -0.2) is 4.98 Å². The monoisotopic (exact) mass is 409 g/mol. The van der Waals surface area contributed by atoms with Gasteiger partial charge in [-0.1, -0.05) is 29.8 Å². The molecule has 0 bridgehead atoms. The highest BCUT2D eigenvalue weighted by molar-refractivity contribution is 6.31. The minimum absolute atomic E-state index is 0.326. The van der Waals surface area contributed by atoms with Crippen LogP contribution in [0.2, 0.25) is 5.02 Å². The van der Waals surface area contributed by atoms with Gasteiger partial charge in [0, 0.05) is 37.6 Å². The molecule has 1 fully saturated rings. The van der Waals surface area contributed by atoms with Crippen LogP contribution in [0.1, 0.15) is 5.56 Å². The van der Waals surface area contributed by atoms with Crippen LogP contribution in [0.5, 0.6) is 11.6 Å². The van der Waals surface area contributed by atoms with Gasteiger partial charge in [0.2, 0.25) is 11.8 Å². The molecule has 29 heavy (non-hydrogen) atoms. The molecule has 2 heterocycles. The maximum Gasteiger partial charge on any atom is 0.243 e.